The zero-order chi connectivity index (χ0) is 19.5. The van der Waals surface area contributed by atoms with Crippen LogP contribution in [0, 0.1) is 0 Å². The molecule has 2 nitrogen and oxygen atoms in total. The molecule has 0 fully saturated rings. The number of ether oxygens (including phenoxy) is 1. The summed E-state index contributed by atoms with van der Waals surface area (Å²) in [4.78, 5) is 4.95. The second-order valence-electron chi connectivity index (χ2n) is 8.56. The van der Waals surface area contributed by atoms with E-state index in [0.717, 1.165) is 17.0 Å². The molecule has 0 aliphatic heterocycles. The first-order valence-electron chi connectivity index (χ1n) is 9.50. The van der Waals surface area contributed by atoms with Crippen molar-refractivity contribution < 1.29 is 4.74 Å². The van der Waals surface area contributed by atoms with Crippen LogP contribution < -0.4 is 4.74 Å². The lowest BCUT2D eigenvalue weighted by Crippen LogP contribution is -2.11. The summed E-state index contributed by atoms with van der Waals surface area (Å²) >= 11 is 0. The van der Waals surface area contributed by atoms with Crippen LogP contribution in [0.3, 0.4) is 0 Å². The average Bonchev–Trinajstić information content (AvgIpc) is 2.58. The van der Waals surface area contributed by atoms with Crippen molar-refractivity contribution in [2.75, 3.05) is 7.11 Å². The van der Waals surface area contributed by atoms with E-state index in [-0.39, 0.29) is 5.41 Å². The predicted molar refractivity (Wildman–Crippen MR) is 114 cm³/mol. The normalized spacial score (nSPS) is 12.4. The van der Waals surface area contributed by atoms with Crippen molar-refractivity contribution >= 4 is 11.9 Å². The molecule has 2 heteroatoms. The fourth-order valence-electron chi connectivity index (χ4n) is 3.10. The molecule has 2 rings (SSSR count). The SMILES string of the molecule is COc1ccc(C(C)(C)C)cc1/C=N\c1c(C(C)C)cccc1C(C)C. The van der Waals surface area contributed by atoms with E-state index in [9.17, 15) is 0 Å². The van der Waals surface area contributed by atoms with E-state index in [0.29, 0.717) is 11.8 Å². The predicted octanol–water partition coefficient (Wildman–Crippen LogP) is 6.99. The van der Waals surface area contributed by atoms with Crippen molar-refractivity contribution in [1.82, 2.24) is 0 Å². The maximum atomic E-state index is 5.57. The lowest BCUT2D eigenvalue weighted by Gasteiger charge is -2.20. The fraction of sp³-hybridized carbons (Fsp3) is 0.458. The Morgan fingerprint density at radius 1 is 0.923 bits per heavy atom. The molecule has 0 aliphatic rings. The van der Waals surface area contributed by atoms with Crippen molar-refractivity contribution in [2.45, 2.75) is 65.7 Å². The number of aliphatic imine (C=N–C) groups is 1. The summed E-state index contributed by atoms with van der Waals surface area (Å²) in [5.41, 5.74) is 6.07. The van der Waals surface area contributed by atoms with Crippen LogP contribution in [0.25, 0.3) is 0 Å². The number of hydrogen-bond acceptors (Lipinski definition) is 2. The standard InChI is InChI=1S/C24H33NO/c1-16(2)20-10-9-11-21(17(3)4)23(20)25-15-18-14-19(24(5,6)7)12-13-22(18)26-8/h9-17H,1-8H3/b25-15-. The van der Waals surface area contributed by atoms with E-state index in [4.69, 9.17) is 9.73 Å². The maximum Gasteiger partial charge on any atom is 0.127 e. The fourth-order valence-corrected chi connectivity index (χ4v) is 3.10. The Bertz CT molecular complexity index is 753. The molecule has 0 amide bonds. The number of nitrogens with zero attached hydrogens (tertiary/aromatic N) is 1. The molecule has 0 aliphatic carbocycles. The molecule has 0 spiro atoms. The third-order valence-corrected chi connectivity index (χ3v) is 4.77. The molecule has 26 heavy (non-hydrogen) atoms. The minimum Gasteiger partial charge on any atom is -0.496 e. The van der Waals surface area contributed by atoms with Gasteiger partial charge in [-0.05, 0) is 46.1 Å². The Morgan fingerprint density at radius 2 is 1.50 bits per heavy atom. The van der Waals surface area contributed by atoms with Gasteiger partial charge in [0.15, 0.2) is 0 Å². The number of methoxy groups -OCH3 is 1. The lowest BCUT2D eigenvalue weighted by atomic mass is 9.86. The molecule has 0 atom stereocenters. The van der Waals surface area contributed by atoms with Crippen LogP contribution in [0.1, 0.15) is 82.6 Å². The summed E-state index contributed by atoms with van der Waals surface area (Å²) < 4.78 is 5.57. The molecule has 0 unspecified atom stereocenters. The van der Waals surface area contributed by atoms with E-state index in [1.807, 2.05) is 12.3 Å². The van der Waals surface area contributed by atoms with Gasteiger partial charge in [0.05, 0.1) is 12.8 Å². The van der Waals surface area contributed by atoms with Crippen molar-refractivity contribution in [3.63, 3.8) is 0 Å². The van der Waals surface area contributed by atoms with Gasteiger partial charge in [-0.25, -0.2) is 0 Å². The van der Waals surface area contributed by atoms with Gasteiger partial charge >= 0.3 is 0 Å². The van der Waals surface area contributed by atoms with Crippen molar-refractivity contribution in [1.29, 1.82) is 0 Å². The third kappa shape index (κ3) is 4.55. The summed E-state index contributed by atoms with van der Waals surface area (Å²) in [7, 11) is 1.71. The van der Waals surface area contributed by atoms with E-state index in [1.54, 1.807) is 7.11 Å². The highest BCUT2D eigenvalue weighted by Gasteiger charge is 2.16. The average molecular weight is 352 g/mol. The number of para-hydroxylation sites is 1. The molecule has 0 heterocycles. The second kappa shape index (κ2) is 8.07. The van der Waals surface area contributed by atoms with Gasteiger partial charge in [-0.15, -0.1) is 0 Å². The van der Waals surface area contributed by atoms with Crippen LogP contribution in [0.2, 0.25) is 0 Å². The smallest absolute Gasteiger partial charge is 0.127 e. The van der Waals surface area contributed by atoms with Gasteiger partial charge in [0.25, 0.3) is 0 Å². The van der Waals surface area contributed by atoms with E-state index >= 15 is 0 Å². The van der Waals surface area contributed by atoms with Gasteiger partial charge < -0.3 is 4.74 Å². The Balaban J connectivity index is 2.57. The summed E-state index contributed by atoms with van der Waals surface area (Å²) in [5, 5.41) is 0. The third-order valence-electron chi connectivity index (χ3n) is 4.77. The molecular formula is C24H33NO. The number of benzene rings is 2. The molecular weight excluding hydrogens is 318 g/mol. The Kier molecular flexibility index (Phi) is 6.28. The Labute approximate surface area is 159 Å². The quantitative estimate of drug-likeness (QED) is 0.532. The van der Waals surface area contributed by atoms with Crippen LogP contribution in [0.5, 0.6) is 5.75 Å². The van der Waals surface area contributed by atoms with Crippen molar-refractivity contribution in [3.8, 4) is 5.75 Å². The highest BCUT2D eigenvalue weighted by molar-refractivity contribution is 5.86. The van der Waals surface area contributed by atoms with Crippen LogP contribution >= 0.6 is 0 Å². The monoisotopic (exact) mass is 351 g/mol. The van der Waals surface area contributed by atoms with Crippen molar-refractivity contribution in [3.05, 3.63) is 58.7 Å². The van der Waals surface area contributed by atoms with Crippen molar-refractivity contribution in [2.24, 2.45) is 4.99 Å². The van der Waals surface area contributed by atoms with Gasteiger partial charge in [-0.2, -0.15) is 0 Å². The summed E-state index contributed by atoms with van der Waals surface area (Å²) in [6.07, 6.45) is 1.96. The van der Waals surface area contributed by atoms with Crippen LogP contribution in [0.4, 0.5) is 5.69 Å². The zero-order valence-electron chi connectivity index (χ0n) is 17.6. The lowest BCUT2D eigenvalue weighted by molar-refractivity contribution is 0.413. The topological polar surface area (TPSA) is 21.6 Å². The van der Waals surface area contributed by atoms with Gasteiger partial charge in [-0.1, -0.05) is 72.7 Å². The summed E-state index contributed by atoms with van der Waals surface area (Å²) in [6, 6.07) is 12.9. The molecule has 0 saturated heterocycles. The first-order chi connectivity index (χ1) is 12.1. The summed E-state index contributed by atoms with van der Waals surface area (Å²) in [5.74, 6) is 1.72. The van der Waals surface area contributed by atoms with E-state index in [2.05, 4.69) is 78.8 Å². The molecule has 2 aromatic rings. The molecule has 140 valence electrons. The van der Waals surface area contributed by atoms with E-state index < -0.39 is 0 Å². The zero-order valence-corrected chi connectivity index (χ0v) is 17.6. The molecule has 2 aromatic carbocycles. The van der Waals surface area contributed by atoms with Gasteiger partial charge in [0.2, 0.25) is 0 Å². The molecule has 0 saturated carbocycles. The minimum atomic E-state index is 0.0911. The largest absolute Gasteiger partial charge is 0.496 e. The second-order valence-corrected chi connectivity index (χ2v) is 8.56. The Hall–Kier alpha value is -2.09. The molecule has 0 radical (unpaired) electrons. The summed E-state index contributed by atoms with van der Waals surface area (Å²) in [6.45, 7) is 15.6. The van der Waals surface area contributed by atoms with Gasteiger partial charge in [0, 0.05) is 11.8 Å². The molecule has 0 N–H and O–H groups in total. The van der Waals surface area contributed by atoms with E-state index in [1.165, 1.54) is 16.7 Å². The highest BCUT2D eigenvalue weighted by Crippen LogP contribution is 2.35. The van der Waals surface area contributed by atoms with Crippen LogP contribution in [-0.4, -0.2) is 13.3 Å². The van der Waals surface area contributed by atoms with Gasteiger partial charge in [0.1, 0.15) is 5.75 Å². The first kappa shape index (κ1) is 20.2. The minimum absolute atomic E-state index is 0.0911. The Morgan fingerprint density at radius 3 is 1.96 bits per heavy atom. The maximum absolute atomic E-state index is 5.57. The van der Waals surface area contributed by atoms with Crippen LogP contribution in [-0.2, 0) is 5.41 Å². The molecule has 0 bridgehead atoms. The number of rotatable bonds is 5. The first-order valence-corrected chi connectivity index (χ1v) is 9.50. The van der Waals surface area contributed by atoms with Gasteiger partial charge in [-0.3, -0.25) is 4.99 Å². The number of hydrogen-bond donors (Lipinski definition) is 0. The highest BCUT2D eigenvalue weighted by atomic mass is 16.5. The van der Waals surface area contributed by atoms with Crippen LogP contribution in [0.15, 0.2) is 41.4 Å². The molecule has 0 aromatic heterocycles.